The highest BCUT2D eigenvalue weighted by atomic mass is 14.9. The molecule has 1 aromatic carbocycles. The summed E-state index contributed by atoms with van der Waals surface area (Å²) in [5.41, 5.74) is 8.37. The summed E-state index contributed by atoms with van der Waals surface area (Å²) in [6.07, 6.45) is 4.89. The number of rotatable bonds is 6. The predicted molar refractivity (Wildman–Crippen MR) is 87.9 cm³/mol. The Morgan fingerprint density at radius 3 is 2.76 bits per heavy atom. The first-order chi connectivity index (χ1) is 9.96. The highest BCUT2D eigenvalue weighted by molar-refractivity contribution is 5.83. The van der Waals surface area contributed by atoms with Crippen molar-refractivity contribution >= 4 is 10.9 Å². The molecule has 0 aliphatic carbocycles. The molecule has 0 saturated heterocycles. The Bertz CT molecular complexity index is 646. The summed E-state index contributed by atoms with van der Waals surface area (Å²) in [5, 5.41) is 10.4. The molecule has 1 unspecified atom stereocenters. The molecule has 0 saturated carbocycles. The van der Waals surface area contributed by atoms with Gasteiger partial charge in [-0.1, -0.05) is 19.1 Å². The van der Waals surface area contributed by atoms with E-state index in [0.29, 0.717) is 0 Å². The van der Waals surface area contributed by atoms with Crippen molar-refractivity contribution in [1.29, 1.82) is 5.26 Å². The van der Waals surface area contributed by atoms with Gasteiger partial charge in [0.25, 0.3) is 0 Å². The zero-order chi connectivity index (χ0) is 15.5. The molecule has 1 heterocycles. The second-order valence-electron chi connectivity index (χ2n) is 6.48. The number of hydrogen-bond acceptors (Lipinski definition) is 2. The third-order valence-electron chi connectivity index (χ3n) is 4.19. The van der Waals surface area contributed by atoms with E-state index in [4.69, 9.17) is 11.0 Å². The summed E-state index contributed by atoms with van der Waals surface area (Å²) in [4.78, 5) is 0. The summed E-state index contributed by atoms with van der Waals surface area (Å²) in [7, 11) is 0. The van der Waals surface area contributed by atoms with Gasteiger partial charge >= 0.3 is 0 Å². The number of hydrogen-bond donors (Lipinski definition) is 1. The fourth-order valence-corrected chi connectivity index (χ4v) is 2.54. The predicted octanol–water partition coefficient (Wildman–Crippen LogP) is 3.86. The highest BCUT2D eigenvalue weighted by Crippen LogP contribution is 2.25. The fourth-order valence-electron chi connectivity index (χ4n) is 2.54. The molecule has 0 bridgehead atoms. The van der Waals surface area contributed by atoms with Crippen LogP contribution >= 0.6 is 0 Å². The molecule has 0 spiro atoms. The average molecular weight is 283 g/mol. The second kappa shape index (κ2) is 6.32. The Morgan fingerprint density at radius 2 is 2.10 bits per heavy atom. The van der Waals surface area contributed by atoms with Crippen molar-refractivity contribution in [2.75, 3.05) is 0 Å². The molecule has 0 aliphatic rings. The van der Waals surface area contributed by atoms with Crippen molar-refractivity contribution in [3.05, 3.63) is 36.0 Å². The zero-order valence-electron chi connectivity index (χ0n) is 13.3. The Balaban J connectivity index is 2.24. The average Bonchev–Trinajstić information content (AvgIpc) is 2.89. The van der Waals surface area contributed by atoms with Gasteiger partial charge in [-0.3, -0.25) is 0 Å². The third-order valence-corrected chi connectivity index (χ3v) is 4.19. The lowest BCUT2D eigenvalue weighted by Gasteiger charge is -2.16. The first-order valence-electron chi connectivity index (χ1n) is 7.70. The maximum absolute atomic E-state index is 9.13. The summed E-state index contributed by atoms with van der Waals surface area (Å²) >= 11 is 0. The van der Waals surface area contributed by atoms with Crippen molar-refractivity contribution in [1.82, 2.24) is 4.57 Å². The van der Waals surface area contributed by atoms with Gasteiger partial charge in [0.1, 0.15) is 0 Å². The molecule has 1 aromatic heterocycles. The standard InChI is InChI=1S/C18H25N3/c1-4-15(20)12-14-6-5-7-17-16(14)8-10-21(17)11-9-18(2,3)13-19/h5-8,10,15H,4,9,11-12,20H2,1-3H3. The van der Waals surface area contributed by atoms with E-state index in [-0.39, 0.29) is 11.5 Å². The van der Waals surface area contributed by atoms with Gasteiger partial charge in [-0.25, -0.2) is 0 Å². The topological polar surface area (TPSA) is 54.7 Å². The molecule has 21 heavy (non-hydrogen) atoms. The van der Waals surface area contributed by atoms with Crippen LogP contribution in [0.25, 0.3) is 10.9 Å². The second-order valence-corrected chi connectivity index (χ2v) is 6.48. The SMILES string of the molecule is CCC(N)Cc1cccc2c1ccn2CCC(C)(C)C#N. The number of fused-ring (bicyclic) bond motifs is 1. The molecule has 0 fully saturated rings. The Morgan fingerprint density at radius 1 is 1.33 bits per heavy atom. The lowest BCUT2D eigenvalue weighted by atomic mass is 9.91. The minimum atomic E-state index is -0.279. The molecule has 0 aliphatic heterocycles. The lowest BCUT2D eigenvalue weighted by Crippen LogP contribution is -2.21. The van der Waals surface area contributed by atoms with E-state index in [1.165, 1.54) is 16.5 Å². The first kappa shape index (κ1) is 15.6. The van der Waals surface area contributed by atoms with E-state index < -0.39 is 0 Å². The van der Waals surface area contributed by atoms with Crippen LogP contribution in [0, 0.1) is 16.7 Å². The monoisotopic (exact) mass is 283 g/mol. The van der Waals surface area contributed by atoms with Gasteiger partial charge in [-0.05, 0) is 50.8 Å². The molecular formula is C18H25N3. The number of nitriles is 1. The van der Waals surface area contributed by atoms with E-state index in [1.807, 2.05) is 13.8 Å². The van der Waals surface area contributed by atoms with Crippen LogP contribution in [-0.2, 0) is 13.0 Å². The largest absolute Gasteiger partial charge is 0.347 e. The number of aryl methyl sites for hydroxylation is 1. The number of nitrogens with two attached hydrogens (primary N) is 1. The molecule has 0 radical (unpaired) electrons. The fraction of sp³-hybridized carbons (Fsp3) is 0.500. The Labute approximate surface area is 127 Å². The van der Waals surface area contributed by atoms with Gasteiger partial charge in [0.05, 0.1) is 11.5 Å². The van der Waals surface area contributed by atoms with Crippen LogP contribution < -0.4 is 5.73 Å². The molecular weight excluding hydrogens is 258 g/mol. The minimum absolute atomic E-state index is 0.219. The molecule has 3 heteroatoms. The van der Waals surface area contributed by atoms with Crippen molar-refractivity contribution in [3.63, 3.8) is 0 Å². The highest BCUT2D eigenvalue weighted by Gasteiger charge is 2.17. The normalized spacial score (nSPS) is 13.3. The summed E-state index contributed by atoms with van der Waals surface area (Å²) in [6.45, 7) is 6.97. The van der Waals surface area contributed by atoms with Gasteiger partial charge in [-0.2, -0.15) is 5.26 Å². The van der Waals surface area contributed by atoms with Crippen LogP contribution in [0.15, 0.2) is 30.5 Å². The van der Waals surface area contributed by atoms with Crippen molar-refractivity contribution in [2.45, 2.75) is 52.6 Å². The van der Waals surface area contributed by atoms with Gasteiger partial charge in [0, 0.05) is 29.7 Å². The van der Waals surface area contributed by atoms with Crippen LogP contribution in [0.2, 0.25) is 0 Å². The molecule has 2 rings (SSSR count). The summed E-state index contributed by atoms with van der Waals surface area (Å²) < 4.78 is 2.25. The van der Waals surface area contributed by atoms with E-state index in [0.717, 1.165) is 25.8 Å². The molecule has 2 aromatic rings. The number of nitrogens with zero attached hydrogens (tertiary/aromatic N) is 2. The van der Waals surface area contributed by atoms with Crippen LogP contribution in [-0.4, -0.2) is 10.6 Å². The summed E-state index contributed by atoms with van der Waals surface area (Å²) in [6, 6.07) is 11.2. The lowest BCUT2D eigenvalue weighted by molar-refractivity contribution is 0.417. The van der Waals surface area contributed by atoms with E-state index in [2.05, 4.69) is 48.0 Å². The van der Waals surface area contributed by atoms with Crippen molar-refractivity contribution < 1.29 is 0 Å². The first-order valence-corrected chi connectivity index (χ1v) is 7.70. The van der Waals surface area contributed by atoms with E-state index in [1.54, 1.807) is 0 Å². The molecule has 3 nitrogen and oxygen atoms in total. The molecule has 0 amide bonds. The van der Waals surface area contributed by atoms with Crippen LogP contribution in [0.3, 0.4) is 0 Å². The van der Waals surface area contributed by atoms with Crippen molar-refractivity contribution in [2.24, 2.45) is 11.1 Å². The number of aromatic nitrogens is 1. The van der Waals surface area contributed by atoms with Crippen LogP contribution in [0.5, 0.6) is 0 Å². The smallest absolute Gasteiger partial charge is 0.0684 e. The molecule has 1 atom stereocenters. The molecule has 2 N–H and O–H groups in total. The Kier molecular flexibility index (Phi) is 4.69. The van der Waals surface area contributed by atoms with Crippen LogP contribution in [0.4, 0.5) is 0 Å². The third kappa shape index (κ3) is 3.65. The number of benzene rings is 1. The van der Waals surface area contributed by atoms with Crippen LogP contribution in [0.1, 0.15) is 39.2 Å². The maximum atomic E-state index is 9.13. The van der Waals surface area contributed by atoms with Gasteiger partial charge in [0.15, 0.2) is 0 Å². The van der Waals surface area contributed by atoms with Crippen molar-refractivity contribution in [3.8, 4) is 6.07 Å². The quantitative estimate of drug-likeness (QED) is 0.875. The zero-order valence-corrected chi connectivity index (χ0v) is 13.3. The minimum Gasteiger partial charge on any atom is -0.347 e. The summed E-state index contributed by atoms with van der Waals surface area (Å²) in [5.74, 6) is 0. The van der Waals surface area contributed by atoms with E-state index in [9.17, 15) is 0 Å². The van der Waals surface area contributed by atoms with Gasteiger partial charge < -0.3 is 10.3 Å². The van der Waals surface area contributed by atoms with Gasteiger partial charge in [0.2, 0.25) is 0 Å². The Hall–Kier alpha value is -1.79. The molecule has 112 valence electrons. The van der Waals surface area contributed by atoms with E-state index >= 15 is 0 Å². The van der Waals surface area contributed by atoms with Gasteiger partial charge in [-0.15, -0.1) is 0 Å². The maximum Gasteiger partial charge on any atom is 0.0684 e.